The highest BCUT2D eigenvalue weighted by molar-refractivity contribution is 6.39. The second kappa shape index (κ2) is 13.6. The second-order valence-corrected chi connectivity index (χ2v) is 11.4. The number of hydrogen-bond acceptors (Lipinski definition) is 9. The van der Waals surface area contributed by atoms with Crippen LogP contribution in [0.25, 0.3) is 33.2 Å². The average molecular weight is 669 g/mol. The van der Waals surface area contributed by atoms with Gasteiger partial charge >= 0.3 is 0 Å². The molecule has 1 aliphatic rings. The van der Waals surface area contributed by atoms with Gasteiger partial charge in [-0.1, -0.05) is 53.5 Å². The number of aryl methyl sites for hydroxylation is 1. The Bertz CT molecular complexity index is 1970. The van der Waals surface area contributed by atoms with E-state index in [-0.39, 0.29) is 21.6 Å². The van der Waals surface area contributed by atoms with Crippen LogP contribution in [0, 0.1) is 0 Å². The first kappa shape index (κ1) is 31.7. The Labute approximate surface area is 272 Å². The second-order valence-electron chi connectivity index (χ2n) is 10.7. The minimum absolute atomic E-state index is 0.0662. The van der Waals surface area contributed by atoms with Crippen molar-refractivity contribution >= 4 is 45.5 Å². The maximum Gasteiger partial charge on any atom is 0.280 e. The number of nitrogens with one attached hydrogen (secondary N) is 2. The fraction of sp³-hybridized carbons (Fsp3) is 0.281. The van der Waals surface area contributed by atoms with Gasteiger partial charge in [-0.3, -0.25) is 9.78 Å². The van der Waals surface area contributed by atoms with Crippen molar-refractivity contribution in [3.05, 3.63) is 86.6 Å². The van der Waals surface area contributed by atoms with Crippen LogP contribution < -0.4 is 20.9 Å². The molecule has 10 nitrogen and oxygen atoms in total. The van der Waals surface area contributed by atoms with Gasteiger partial charge in [0.05, 0.1) is 46.3 Å². The fourth-order valence-electron chi connectivity index (χ4n) is 5.33. The third-order valence-electron chi connectivity index (χ3n) is 7.77. The van der Waals surface area contributed by atoms with Gasteiger partial charge in [0.15, 0.2) is 0 Å². The molecule has 0 bridgehead atoms. The lowest BCUT2D eigenvalue weighted by molar-refractivity contribution is 0.0774. The van der Waals surface area contributed by atoms with Gasteiger partial charge in [-0.05, 0) is 25.0 Å². The number of halogens is 4. The Morgan fingerprint density at radius 1 is 1.04 bits per heavy atom. The monoisotopic (exact) mass is 667 g/mol. The molecule has 1 aliphatic heterocycles. The minimum Gasteiger partial charge on any atom is -0.480 e. The van der Waals surface area contributed by atoms with Gasteiger partial charge < -0.3 is 20.1 Å². The van der Waals surface area contributed by atoms with E-state index in [1.807, 2.05) is 12.1 Å². The maximum absolute atomic E-state index is 13.7. The molecule has 1 fully saturated rings. The molecule has 46 heavy (non-hydrogen) atoms. The number of pyridine rings is 1. The van der Waals surface area contributed by atoms with Crippen molar-refractivity contribution in [3.8, 4) is 28.3 Å². The first-order valence-electron chi connectivity index (χ1n) is 14.5. The molecule has 238 valence electrons. The van der Waals surface area contributed by atoms with Crippen LogP contribution in [0.15, 0.2) is 59.7 Å². The zero-order chi connectivity index (χ0) is 32.4. The summed E-state index contributed by atoms with van der Waals surface area (Å²) in [5.41, 5.74) is 2.27. The highest BCUT2D eigenvalue weighted by atomic mass is 35.5. The van der Waals surface area contributed by atoms with Crippen LogP contribution in [0.2, 0.25) is 10.0 Å². The number of alkyl halides is 2. The number of ether oxygens (including phenoxy) is 2. The summed E-state index contributed by atoms with van der Waals surface area (Å²) in [5.74, 6) is 0.318. The standard InChI is InChI=1S/C32H29Cl2F2N7O3/c1-43-32(44)26-17(14-39-43)13-23(29(35)36)41-30(26)40-22-8-4-6-20(28(22)34)19-5-3-7-21(27(19)33)24-15-38-25(31(42-24)45-2)16-37-18-9-11-46-12-10-18/h3-8,13-15,18,29,37H,9-12,16H2,1-2H3,(H,40,41). The van der Waals surface area contributed by atoms with Crippen molar-refractivity contribution in [2.24, 2.45) is 7.05 Å². The van der Waals surface area contributed by atoms with Crippen LogP contribution in [0.5, 0.6) is 5.88 Å². The topological polar surface area (TPSA) is 116 Å². The quantitative estimate of drug-likeness (QED) is 0.177. The number of anilines is 2. The normalized spacial score (nSPS) is 13.8. The Morgan fingerprint density at radius 2 is 1.76 bits per heavy atom. The van der Waals surface area contributed by atoms with Gasteiger partial charge in [-0.15, -0.1) is 0 Å². The summed E-state index contributed by atoms with van der Waals surface area (Å²) in [5, 5.41) is 11.4. The van der Waals surface area contributed by atoms with Crippen molar-refractivity contribution < 1.29 is 18.3 Å². The molecule has 3 aromatic heterocycles. The molecule has 0 amide bonds. The molecule has 0 radical (unpaired) electrons. The molecular weight excluding hydrogens is 639 g/mol. The molecule has 0 unspecified atom stereocenters. The number of nitrogens with zero attached hydrogens (tertiary/aromatic N) is 5. The Hall–Kier alpha value is -4.23. The van der Waals surface area contributed by atoms with Crippen LogP contribution >= 0.6 is 23.2 Å². The van der Waals surface area contributed by atoms with Gasteiger partial charge in [0.1, 0.15) is 17.2 Å². The Kier molecular flexibility index (Phi) is 9.41. The van der Waals surface area contributed by atoms with Gasteiger partial charge in [0, 0.05) is 54.9 Å². The van der Waals surface area contributed by atoms with E-state index in [0.717, 1.165) is 36.8 Å². The van der Waals surface area contributed by atoms with E-state index in [1.54, 1.807) is 37.6 Å². The third-order valence-corrected chi connectivity index (χ3v) is 8.59. The molecule has 5 aromatic rings. The number of benzene rings is 2. The molecule has 2 N–H and O–H groups in total. The fourth-order valence-corrected chi connectivity index (χ4v) is 5.93. The Balaban J connectivity index is 1.34. The third kappa shape index (κ3) is 6.38. The first-order valence-corrected chi connectivity index (χ1v) is 15.2. The maximum atomic E-state index is 13.7. The number of methoxy groups -OCH3 is 1. The zero-order valence-corrected chi connectivity index (χ0v) is 26.4. The van der Waals surface area contributed by atoms with Gasteiger partial charge in [-0.2, -0.15) is 5.10 Å². The van der Waals surface area contributed by atoms with E-state index >= 15 is 0 Å². The summed E-state index contributed by atoms with van der Waals surface area (Å²) in [6.07, 6.45) is 1.99. The van der Waals surface area contributed by atoms with Crippen molar-refractivity contribution in [2.45, 2.75) is 31.9 Å². The van der Waals surface area contributed by atoms with Crippen molar-refractivity contribution in [2.75, 3.05) is 25.6 Å². The van der Waals surface area contributed by atoms with Crippen molar-refractivity contribution in [3.63, 3.8) is 0 Å². The summed E-state index contributed by atoms with van der Waals surface area (Å²) in [6, 6.07) is 12.1. The van der Waals surface area contributed by atoms with Crippen molar-refractivity contribution in [1.82, 2.24) is 30.0 Å². The number of aromatic nitrogens is 5. The summed E-state index contributed by atoms with van der Waals surface area (Å²) >= 11 is 13.9. The summed E-state index contributed by atoms with van der Waals surface area (Å²) in [7, 11) is 3.01. The molecule has 0 saturated carbocycles. The van der Waals surface area contributed by atoms with Crippen LogP contribution in [-0.2, 0) is 18.3 Å². The molecule has 1 saturated heterocycles. The van der Waals surface area contributed by atoms with E-state index in [9.17, 15) is 13.6 Å². The van der Waals surface area contributed by atoms with E-state index in [4.69, 9.17) is 37.7 Å². The lowest BCUT2D eigenvalue weighted by Gasteiger charge is -2.23. The minimum atomic E-state index is -2.86. The summed E-state index contributed by atoms with van der Waals surface area (Å²) in [6.45, 7) is 1.96. The van der Waals surface area contributed by atoms with Crippen LogP contribution in [-0.4, -0.2) is 51.1 Å². The van der Waals surface area contributed by atoms with Crippen LogP contribution in [0.3, 0.4) is 0 Å². The highest BCUT2D eigenvalue weighted by Gasteiger charge is 2.21. The smallest absolute Gasteiger partial charge is 0.280 e. The van der Waals surface area contributed by atoms with Crippen LogP contribution in [0.4, 0.5) is 20.3 Å². The van der Waals surface area contributed by atoms with Gasteiger partial charge in [0.2, 0.25) is 5.88 Å². The largest absolute Gasteiger partial charge is 0.480 e. The molecule has 0 spiro atoms. The molecule has 4 heterocycles. The molecule has 0 aliphatic carbocycles. The molecule has 2 aromatic carbocycles. The highest BCUT2D eigenvalue weighted by Crippen LogP contribution is 2.42. The zero-order valence-electron chi connectivity index (χ0n) is 24.9. The summed E-state index contributed by atoms with van der Waals surface area (Å²) in [4.78, 5) is 26.3. The Morgan fingerprint density at radius 3 is 2.50 bits per heavy atom. The average Bonchev–Trinajstić information content (AvgIpc) is 3.07. The predicted molar refractivity (Wildman–Crippen MR) is 173 cm³/mol. The SMILES string of the molecule is COc1nc(-c2cccc(-c3cccc(Nc4nc(C(F)F)cc5cnn(C)c(=O)c45)c3Cl)c2Cl)cnc1CNC1CCOCC1. The summed E-state index contributed by atoms with van der Waals surface area (Å²) < 4.78 is 39.5. The molecular formula is C32H29Cl2F2N7O3. The number of hydrogen-bond donors (Lipinski definition) is 2. The van der Waals surface area contributed by atoms with Crippen molar-refractivity contribution in [1.29, 1.82) is 0 Å². The van der Waals surface area contributed by atoms with Gasteiger partial charge in [-0.25, -0.2) is 23.4 Å². The van der Waals surface area contributed by atoms with E-state index in [0.29, 0.717) is 57.3 Å². The van der Waals surface area contributed by atoms with Gasteiger partial charge in [0.25, 0.3) is 12.0 Å². The number of fused-ring (bicyclic) bond motifs is 1. The predicted octanol–water partition coefficient (Wildman–Crippen LogP) is 6.72. The van der Waals surface area contributed by atoms with E-state index in [1.165, 1.54) is 13.2 Å². The molecule has 14 heteroatoms. The first-order chi connectivity index (χ1) is 22.2. The molecule has 0 atom stereocenters. The lowest BCUT2D eigenvalue weighted by atomic mass is 10.0. The van der Waals surface area contributed by atoms with Crippen LogP contribution in [0.1, 0.15) is 30.7 Å². The van der Waals surface area contributed by atoms with E-state index < -0.39 is 17.7 Å². The lowest BCUT2D eigenvalue weighted by Crippen LogP contribution is -2.34. The molecule has 6 rings (SSSR count). The van der Waals surface area contributed by atoms with E-state index in [2.05, 4.69) is 25.7 Å². The number of rotatable bonds is 9.